The van der Waals surface area contributed by atoms with E-state index in [1.54, 1.807) is 0 Å². The zero-order chi connectivity index (χ0) is 15.6. The van der Waals surface area contributed by atoms with E-state index in [1.807, 2.05) is 0 Å². The van der Waals surface area contributed by atoms with Gasteiger partial charge in [0.05, 0.1) is 13.0 Å². The normalized spacial score (nSPS) is 16.3. The van der Waals surface area contributed by atoms with Gasteiger partial charge in [0.2, 0.25) is 0 Å². The third-order valence-corrected chi connectivity index (χ3v) is 1.72. The first kappa shape index (κ1) is 19.7. The largest absolute Gasteiger partial charge is 0.481 e. The quantitative estimate of drug-likeness (QED) is 0.228. The number of aliphatic hydroxyl groups is 5. The van der Waals surface area contributed by atoms with Gasteiger partial charge >= 0.3 is 11.9 Å². The second-order valence-corrected chi connectivity index (χ2v) is 3.32. The second kappa shape index (κ2) is 10.3. The molecule has 4 atom stereocenters. The summed E-state index contributed by atoms with van der Waals surface area (Å²) in [4.78, 5) is 29.2. The SMILES string of the molecule is O=C(O)C[C@@H](O)C(=O)O.O=C[C@@H](O)[C@@H](O)[C@H](O)CO. The number of carboxylic acid groups (broad SMARTS) is 2. The summed E-state index contributed by atoms with van der Waals surface area (Å²) in [6.07, 6.45) is -7.17. The van der Waals surface area contributed by atoms with E-state index in [0.29, 0.717) is 0 Å². The molecule has 0 aromatic rings. The number of rotatable bonds is 7. The molecule has 0 aliphatic carbocycles. The van der Waals surface area contributed by atoms with Crippen molar-refractivity contribution in [2.75, 3.05) is 6.61 Å². The summed E-state index contributed by atoms with van der Waals surface area (Å²) in [5.74, 6) is -2.85. The molecule has 10 nitrogen and oxygen atoms in total. The fourth-order valence-corrected chi connectivity index (χ4v) is 0.669. The van der Waals surface area contributed by atoms with E-state index >= 15 is 0 Å². The van der Waals surface area contributed by atoms with Crippen molar-refractivity contribution < 1.29 is 50.1 Å². The summed E-state index contributed by atoms with van der Waals surface area (Å²) in [5, 5.41) is 58.2. The Balaban J connectivity index is 0. The lowest BCUT2D eigenvalue weighted by Crippen LogP contribution is -2.40. The molecule has 0 aromatic heterocycles. The van der Waals surface area contributed by atoms with Gasteiger partial charge in [-0.05, 0) is 0 Å². The number of aldehydes is 1. The van der Waals surface area contributed by atoms with E-state index in [1.165, 1.54) is 0 Å². The zero-order valence-corrected chi connectivity index (χ0v) is 9.66. The van der Waals surface area contributed by atoms with Gasteiger partial charge in [0.15, 0.2) is 12.4 Å². The number of hydrogen-bond acceptors (Lipinski definition) is 8. The molecule has 0 bridgehead atoms. The number of aliphatic hydroxyl groups excluding tert-OH is 5. The number of carbonyl (C=O) groups excluding carboxylic acids is 1. The molecular formula is C9H16O10. The highest BCUT2D eigenvalue weighted by molar-refractivity contribution is 5.79. The van der Waals surface area contributed by atoms with Crippen LogP contribution in [0.15, 0.2) is 0 Å². The Hall–Kier alpha value is -1.59. The van der Waals surface area contributed by atoms with Crippen LogP contribution in [0.25, 0.3) is 0 Å². The standard InChI is InChI=1S/C5H10O5.C4H6O5/c6-1-3(8)5(10)4(9)2-7;5-2(4(8)9)1-3(6)7/h1,3-5,7-10H,2H2;2,5H,1H2,(H,6,7)(H,8,9)/t3-,4-,5-;2-/m11/s1. The molecule has 0 aromatic carbocycles. The number of carbonyl (C=O) groups is 3. The first-order valence-corrected chi connectivity index (χ1v) is 4.90. The minimum Gasteiger partial charge on any atom is -0.481 e. The van der Waals surface area contributed by atoms with Crippen LogP contribution in [0, 0.1) is 0 Å². The van der Waals surface area contributed by atoms with E-state index < -0.39 is 49.4 Å². The van der Waals surface area contributed by atoms with Gasteiger partial charge in [0.1, 0.15) is 18.3 Å². The molecule has 7 N–H and O–H groups in total. The molecule has 0 heterocycles. The molecule has 0 radical (unpaired) electrons. The van der Waals surface area contributed by atoms with Crippen molar-refractivity contribution in [1.29, 1.82) is 0 Å². The van der Waals surface area contributed by atoms with Gasteiger partial charge in [-0.15, -0.1) is 0 Å². The maximum Gasteiger partial charge on any atom is 0.333 e. The van der Waals surface area contributed by atoms with Gasteiger partial charge in [-0.2, -0.15) is 0 Å². The molecular weight excluding hydrogens is 268 g/mol. The summed E-state index contributed by atoms with van der Waals surface area (Å²) < 4.78 is 0. The Labute approximate surface area is 107 Å². The molecule has 0 spiro atoms. The van der Waals surface area contributed by atoms with Crippen LogP contribution < -0.4 is 0 Å². The highest BCUT2D eigenvalue weighted by Gasteiger charge is 2.22. The molecule has 0 saturated heterocycles. The van der Waals surface area contributed by atoms with Crippen molar-refractivity contribution in [3.8, 4) is 0 Å². The summed E-state index contributed by atoms with van der Waals surface area (Å²) >= 11 is 0. The van der Waals surface area contributed by atoms with E-state index in [0.717, 1.165) is 0 Å². The van der Waals surface area contributed by atoms with Crippen LogP contribution in [-0.2, 0) is 14.4 Å². The molecule has 0 rings (SSSR count). The van der Waals surface area contributed by atoms with Crippen LogP contribution in [-0.4, -0.2) is 85.0 Å². The maximum absolute atomic E-state index is 9.76. The molecule has 112 valence electrons. The fourth-order valence-electron chi connectivity index (χ4n) is 0.669. The van der Waals surface area contributed by atoms with Gasteiger partial charge in [-0.3, -0.25) is 4.79 Å². The fraction of sp³-hybridized carbons (Fsp3) is 0.667. The Morgan fingerprint density at radius 2 is 1.53 bits per heavy atom. The van der Waals surface area contributed by atoms with Crippen molar-refractivity contribution in [3.63, 3.8) is 0 Å². The molecule has 10 heteroatoms. The minimum absolute atomic E-state index is 0.0869. The Kier molecular flexibility index (Phi) is 10.7. The summed E-state index contributed by atoms with van der Waals surface area (Å²) in [6.45, 7) is -0.688. The van der Waals surface area contributed by atoms with Gasteiger partial charge in [-0.1, -0.05) is 0 Å². The number of aliphatic carboxylic acids is 2. The van der Waals surface area contributed by atoms with Crippen LogP contribution in [0.4, 0.5) is 0 Å². The lowest BCUT2D eigenvalue weighted by Gasteiger charge is -2.16. The monoisotopic (exact) mass is 284 g/mol. The third kappa shape index (κ3) is 10.1. The molecule has 0 saturated carbocycles. The first-order chi connectivity index (χ1) is 8.67. The number of carboxylic acids is 2. The first-order valence-electron chi connectivity index (χ1n) is 4.90. The summed E-state index contributed by atoms with van der Waals surface area (Å²) in [5.41, 5.74) is 0. The summed E-state index contributed by atoms with van der Waals surface area (Å²) in [7, 11) is 0. The van der Waals surface area contributed by atoms with Crippen LogP contribution in [0.1, 0.15) is 6.42 Å². The summed E-state index contributed by atoms with van der Waals surface area (Å²) in [6, 6.07) is 0. The van der Waals surface area contributed by atoms with Crippen molar-refractivity contribution in [2.45, 2.75) is 30.8 Å². The van der Waals surface area contributed by atoms with E-state index in [2.05, 4.69) is 0 Å². The Bertz CT molecular complexity index is 291. The van der Waals surface area contributed by atoms with Crippen LogP contribution in [0.2, 0.25) is 0 Å². The Morgan fingerprint density at radius 3 is 1.74 bits per heavy atom. The maximum atomic E-state index is 9.76. The molecule has 0 amide bonds. The Morgan fingerprint density at radius 1 is 1.05 bits per heavy atom. The van der Waals surface area contributed by atoms with Gasteiger partial charge in [0.25, 0.3) is 0 Å². The van der Waals surface area contributed by atoms with Crippen LogP contribution in [0.3, 0.4) is 0 Å². The van der Waals surface area contributed by atoms with E-state index in [-0.39, 0.29) is 6.29 Å². The third-order valence-electron chi connectivity index (χ3n) is 1.72. The van der Waals surface area contributed by atoms with Crippen LogP contribution in [0.5, 0.6) is 0 Å². The highest BCUT2D eigenvalue weighted by atomic mass is 16.4. The second-order valence-electron chi connectivity index (χ2n) is 3.32. The molecule has 0 unspecified atom stereocenters. The lowest BCUT2D eigenvalue weighted by molar-refractivity contribution is -0.152. The molecule has 19 heavy (non-hydrogen) atoms. The van der Waals surface area contributed by atoms with Gasteiger partial charge < -0.3 is 40.5 Å². The zero-order valence-electron chi connectivity index (χ0n) is 9.66. The molecule has 0 fully saturated rings. The lowest BCUT2D eigenvalue weighted by atomic mass is 10.1. The van der Waals surface area contributed by atoms with E-state index in [9.17, 15) is 14.4 Å². The molecule has 0 aliphatic heterocycles. The van der Waals surface area contributed by atoms with Crippen LogP contribution >= 0.6 is 0 Å². The van der Waals surface area contributed by atoms with Gasteiger partial charge in [-0.25, -0.2) is 4.79 Å². The highest BCUT2D eigenvalue weighted by Crippen LogP contribution is 1.96. The minimum atomic E-state index is -1.79. The van der Waals surface area contributed by atoms with Crippen molar-refractivity contribution >= 4 is 18.2 Å². The van der Waals surface area contributed by atoms with Gasteiger partial charge in [0, 0.05) is 0 Å². The average Bonchev–Trinajstić information content (AvgIpc) is 2.35. The predicted molar refractivity (Wildman–Crippen MR) is 57.1 cm³/mol. The predicted octanol–water partition coefficient (Wildman–Crippen LogP) is -3.83. The topological polar surface area (TPSA) is 193 Å². The smallest absolute Gasteiger partial charge is 0.333 e. The van der Waals surface area contributed by atoms with Crippen molar-refractivity contribution in [2.24, 2.45) is 0 Å². The van der Waals surface area contributed by atoms with Crippen molar-refractivity contribution in [1.82, 2.24) is 0 Å². The average molecular weight is 284 g/mol. The molecule has 0 aliphatic rings. The van der Waals surface area contributed by atoms with Crippen molar-refractivity contribution in [3.05, 3.63) is 0 Å². The van der Waals surface area contributed by atoms with E-state index in [4.69, 9.17) is 35.7 Å². The number of hydrogen-bond donors (Lipinski definition) is 7.